The highest BCUT2D eigenvalue weighted by Crippen LogP contribution is 2.12. The fourth-order valence-electron chi connectivity index (χ4n) is 2.11. The van der Waals surface area contributed by atoms with Crippen LogP contribution in [0.4, 0.5) is 8.78 Å². The number of aromatic nitrogens is 2. The van der Waals surface area contributed by atoms with Gasteiger partial charge in [0, 0.05) is 18.8 Å². The van der Waals surface area contributed by atoms with Crippen molar-refractivity contribution in [2.24, 2.45) is 5.84 Å². The summed E-state index contributed by atoms with van der Waals surface area (Å²) in [5, 5.41) is 4.19. The summed E-state index contributed by atoms with van der Waals surface area (Å²) in [5.41, 5.74) is 4.46. The average molecular weight is 280 g/mol. The minimum atomic E-state index is -0.838. The van der Waals surface area contributed by atoms with Crippen molar-refractivity contribution < 1.29 is 8.78 Å². The van der Waals surface area contributed by atoms with Gasteiger partial charge in [0.15, 0.2) is 11.6 Å². The first kappa shape index (κ1) is 14.6. The second kappa shape index (κ2) is 6.58. The summed E-state index contributed by atoms with van der Waals surface area (Å²) < 4.78 is 27.9. The van der Waals surface area contributed by atoms with Crippen molar-refractivity contribution in [2.45, 2.75) is 32.4 Å². The van der Waals surface area contributed by atoms with E-state index >= 15 is 0 Å². The molecule has 3 N–H and O–H groups in total. The number of nitrogens with two attached hydrogens (primary N) is 1. The highest BCUT2D eigenvalue weighted by molar-refractivity contribution is 5.19. The number of benzene rings is 1. The van der Waals surface area contributed by atoms with E-state index < -0.39 is 11.6 Å². The minimum absolute atomic E-state index is 0.0608. The molecule has 20 heavy (non-hydrogen) atoms. The predicted octanol–water partition coefficient (Wildman–Crippen LogP) is 1.80. The Hall–Kier alpha value is -1.79. The fraction of sp³-hybridized carbons (Fsp3) is 0.357. The standard InChI is InChI=1S/C14H18F2N4/c1-2-20-9-11(8-18-20)6-12(19-17)5-10-3-4-13(15)14(16)7-10/h3-4,7-9,12,19H,2,5-6,17H2,1H3. The van der Waals surface area contributed by atoms with Crippen LogP contribution >= 0.6 is 0 Å². The Morgan fingerprint density at radius 1 is 1.25 bits per heavy atom. The van der Waals surface area contributed by atoms with Crippen LogP contribution in [0.5, 0.6) is 0 Å². The minimum Gasteiger partial charge on any atom is -0.273 e. The Morgan fingerprint density at radius 2 is 2.00 bits per heavy atom. The van der Waals surface area contributed by atoms with Gasteiger partial charge in [-0.1, -0.05) is 6.07 Å². The molecule has 1 aromatic heterocycles. The summed E-state index contributed by atoms with van der Waals surface area (Å²) >= 11 is 0. The second-order valence-electron chi connectivity index (χ2n) is 4.72. The van der Waals surface area contributed by atoms with Crippen molar-refractivity contribution in [1.82, 2.24) is 15.2 Å². The van der Waals surface area contributed by atoms with Gasteiger partial charge in [0.05, 0.1) is 6.20 Å². The summed E-state index contributed by atoms with van der Waals surface area (Å²) in [6, 6.07) is 3.84. The smallest absolute Gasteiger partial charge is 0.159 e. The average Bonchev–Trinajstić information content (AvgIpc) is 2.90. The maximum atomic E-state index is 13.2. The van der Waals surface area contributed by atoms with Crippen molar-refractivity contribution in [3.63, 3.8) is 0 Å². The van der Waals surface area contributed by atoms with Crippen LogP contribution in [0.25, 0.3) is 0 Å². The molecular weight excluding hydrogens is 262 g/mol. The Labute approximate surface area is 116 Å². The van der Waals surface area contributed by atoms with Gasteiger partial charge in [0.1, 0.15) is 0 Å². The van der Waals surface area contributed by atoms with E-state index in [9.17, 15) is 8.78 Å². The van der Waals surface area contributed by atoms with Crippen LogP contribution in [-0.4, -0.2) is 15.8 Å². The third-order valence-electron chi connectivity index (χ3n) is 3.19. The number of hydrogen-bond donors (Lipinski definition) is 2. The number of nitrogens with zero attached hydrogens (tertiary/aromatic N) is 2. The van der Waals surface area contributed by atoms with Crippen LogP contribution < -0.4 is 11.3 Å². The molecule has 0 aliphatic rings. The molecule has 0 bridgehead atoms. The van der Waals surface area contributed by atoms with Crippen molar-refractivity contribution in [3.8, 4) is 0 Å². The van der Waals surface area contributed by atoms with Crippen LogP contribution in [0.2, 0.25) is 0 Å². The normalized spacial score (nSPS) is 12.6. The maximum absolute atomic E-state index is 13.2. The van der Waals surface area contributed by atoms with E-state index in [-0.39, 0.29) is 6.04 Å². The van der Waals surface area contributed by atoms with E-state index in [4.69, 9.17) is 5.84 Å². The Balaban J connectivity index is 2.02. The first-order valence-corrected chi connectivity index (χ1v) is 6.53. The summed E-state index contributed by atoms with van der Waals surface area (Å²) in [6.45, 7) is 2.82. The number of hydrogen-bond acceptors (Lipinski definition) is 3. The molecule has 0 spiro atoms. The molecule has 0 fully saturated rings. The fourth-order valence-corrected chi connectivity index (χ4v) is 2.11. The number of aryl methyl sites for hydroxylation is 1. The maximum Gasteiger partial charge on any atom is 0.159 e. The van der Waals surface area contributed by atoms with Gasteiger partial charge in [-0.3, -0.25) is 16.0 Å². The molecule has 0 aliphatic carbocycles. The molecule has 0 saturated heterocycles. The molecule has 108 valence electrons. The highest BCUT2D eigenvalue weighted by Gasteiger charge is 2.12. The molecule has 0 aliphatic heterocycles. The molecule has 0 saturated carbocycles. The molecule has 1 unspecified atom stereocenters. The molecule has 2 rings (SSSR count). The van der Waals surface area contributed by atoms with Crippen LogP contribution in [0, 0.1) is 11.6 Å². The van der Waals surface area contributed by atoms with Gasteiger partial charge in [-0.05, 0) is 43.0 Å². The lowest BCUT2D eigenvalue weighted by atomic mass is 10.0. The highest BCUT2D eigenvalue weighted by atomic mass is 19.2. The van der Waals surface area contributed by atoms with E-state index in [0.29, 0.717) is 18.4 Å². The lowest BCUT2D eigenvalue weighted by Crippen LogP contribution is -2.38. The molecule has 4 nitrogen and oxygen atoms in total. The zero-order valence-corrected chi connectivity index (χ0v) is 11.3. The summed E-state index contributed by atoms with van der Waals surface area (Å²) in [5.74, 6) is 3.86. The molecule has 1 atom stereocenters. The van der Waals surface area contributed by atoms with E-state index in [1.807, 2.05) is 17.8 Å². The van der Waals surface area contributed by atoms with Gasteiger partial charge in [0.2, 0.25) is 0 Å². The van der Waals surface area contributed by atoms with Crippen LogP contribution in [0.1, 0.15) is 18.1 Å². The van der Waals surface area contributed by atoms with Crippen molar-refractivity contribution in [1.29, 1.82) is 0 Å². The first-order valence-electron chi connectivity index (χ1n) is 6.53. The first-order chi connectivity index (χ1) is 9.62. The molecule has 2 aromatic rings. The lowest BCUT2D eigenvalue weighted by molar-refractivity contribution is 0.498. The SMILES string of the molecule is CCn1cc(CC(Cc2ccc(F)c(F)c2)NN)cn1. The number of hydrazine groups is 1. The molecule has 0 amide bonds. The number of rotatable bonds is 6. The number of halogens is 2. The van der Waals surface area contributed by atoms with Crippen LogP contribution in [0.3, 0.4) is 0 Å². The zero-order valence-electron chi connectivity index (χ0n) is 11.3. The molecular formula is C14H18F2N4. The van der Waals surface area contributed by atoms with Gasteiger partial charge in [0.25, 0.3) is 0 Å². The van der Waals surface area contributed by atoms with E-state index in [1.54, 1.807) is 12.3 Å². The molecule has 0 radical (unpaired) electrons. The summed E-state index contributed by atoms with van der Waals surface area (Å²) in [7, 11) is 0. The zero-order chi connectivity index (χ0) is 14.5. The third kappa shape index (κ3) is 3.61. The van der Waals surface area contributed by atoms with Crippen LogP contribution in [-0.2, 0) is 19.4 Å². The third-order valence-corrected chi connectivity index (χ3v) is 3.19. The lowest BCUT2D eigenvalue weighted by Gasteiger charge is -2.15. The van der Waals surface area contributed by atoms with E-state index in [2.05, 4.69) is 10.5 Å². The summed E-state index contributed by atoms with van der Waals surface area (Å²) in [6.07, 6.45) is 4.94. The van der Waals surface area contributed by atoms with E-state index in [1.165, 1.54) is 6.07 Å². The summed E-state index contributed by atoms with van der Waals surface area (Å²) in [4.78, 5) is 0. The van der Waals surface area contributed by atoms with Crippen LogP contribution in [0.15, 0.2) is 30.6 Å². The second-order valence-corrected chi connectivity index (χ2v) is 4.72. The Morgan fingerprint density at radius 3 is 2.60 bits per heavy atom. The van der Waals surface area contributed by atoms with Gasteiger partial charge < -0.3 is 0 Å². The van der Waals surface area contributed by atoms with Crippen molar-refractivity contribution in [2.75, 3.05) is 0 Å². The molecule has 1 aromatic carbocycles. The Kier molecular flexibility index (Phi) is 4.81. The molecule has 1 heterocycles. The predicted molar refractivity (Wildman–Crippen MR) is 72.8 cm³/mol. The van der Waals surface area contributed by atoms with Gasteiger partial charge in [-0.25, -0.2) is 8.78 Å². The van der Waals surface area contributed by atoms with E-state index in [0.717, 1.165) is 18.2 Å². The van der Waals surface area contributed by atoms with Gasteiger partial charge >= 0.3 is 0 Å². The quantitative estimate of drug-likeness (QED) is 0.626. The monoisotopic (exact) mass is 280 g/mol. The van der Waals surface area contributed by atoms with Gasteiger partial charge in [-0.2, -0.15) is 5.10 Å². The van der Waals surface area contributed by atoms with Gasteiger partial charge in [-0.15, -0.1) is 0 Å². The molecule has 6 heteroatoms. The topological polar surface area (TPSA) is 55.9 Å². The largest absolute Gasteiger partial charge is 0.273 e. The van der Waals surface area contributed by atoms with Crippen molar-refractivity contribution >= 4 is 0 Å². The van der Waals surface area contributed by atoms with Crippen molar-refractivity contribution in [3.05, 3.63) is 53.4 Å². The Bertz CT molecular complexity index is 568. The number of nitrogens with one attached hydrogen (secondary N) is 1.